The van der Waals surface area contributed by atoms with Gasteiger partial charge in [-0.1, -0.05) is 6.92 Å². The number of rotatable bonds is 6. The predicted molar refractivity (Wildman–Crippen MR) is 69.4 cm³/mol. The smallest absolute Gasteiger partial charge is 0.240 e. The van der Waals surface area contributed by atoms with Crippen LogP contribution in [0.4, 0.5) is 5.69 Å². The van der Waals surface area contributed by atoms with E-state index in [0.717, 1.165) is 0 Å². The van der Waals surface area contributed by atoms with Crippen LogP contribution in [0.3, 0.4) is 0 Å². The maximum absolute atomic E-state index is 11.9. The number of ether oxygens (including phenoxy) is 2. The van der Waals surface area contributed by atoms with Gasteiger partial charge in [0.25, 0.3) is 0 Å². The number of methoxy groups -OCH3 is 2. The average molecular weight is 274 g/mol. The summed E-state index contributed by atoms with van der Waals surface area (Å²) in [7, 11) is -0.702. The lowest BCUT2D eigenvalue weighted by Crippen LogP contribution is -2.24. The van der Waals surface area contributed by atoms with Gasteiger partial charge in [-0.15, -0.1) is 0 Å². The van der Waals surface area contributed by atoms with Crippen LogP contribution >= 0.6 is 0 Å². The monoisotopic (exact) mass is 274 g/mol. The highest BCUT2D eigenvalue weighted by molar-refractivity contribution is 7.89. The molecule has 0 aromatic heterocycles. The molecule has 1 rings (SSSR count). The number of sulfonamides is 1. The van der Waals surface area contributed by atoms with Crippen molar-refractivity contribution in [3.8, 4) is 11.5 Å². The third-order valence-electron chi connectivity index (χ3n) is 2.33. The number of nitrogen functional groups attached to an aromatic ring is 1. The van der Waals surface area contributed by atoms with Crippen LogP contribution in [0, 0.1) is 0 Å². The first-order valence-electron chi connectivity index (χ1n) is 5.47. The van der Waals surface area contributed by atoms with E-state index in [1.165, 1.54) is 26.4 Å². The lowest BCUT2D eigenvalue weighted by atomic mass is 10.3. The fraction of sp³-hybridized carbons (Fsp3) is 0.455. The zero-order valence-electron chi connectivity index (χ0n) is 10.7. The molecule has 0 fully saturated rings. The van der Waals surface area contributed by atoms with Gasteiger partial charge in [-0.05, 0) is 12.5 Å². The second-order valence-corrected chi connectivity index (χ2v) is 5.41. The number of hydrogen-bond donors (Lipinski definition) is 2. The van der Waals surface area contributed by atoms with Gasteiger partial charge in [0.2, 0.25) is 10.0 Å². The highest BCUT2D eigenvalue weighted by Crippen LogP contribution is 2.35. The van der Waals surface area contributed by atoms with E-state index in [9.17, 15) is 8.42 Å². The summed E-state index contributed by atoms with van der Waals surface area (Å²) in [4.78, 5) is 0.0612. The van der Waals surface area contributed by atoms with Crippen molar-refractivity contribution in [1.82, 2.24) is 4.72 Å². The molecule has 0 spiro atoms. The van der Waals surface area contributed by atoms with Gasteiger partial charge in [-0.3, -0.25) is 0 Å². The summed E-state index contributed by atoms with van der Waals surface area (Å²) in [6.07, 6.45) is 0.710. The molecule has 1 aromatic rings. The van der Waals surface area contributed by atoms with E-state index in [-0.39, 0.29) is 16.3 Å². The summed E-state index contributed by atoms with van der Waals surface area (Å²) in [5, 5.41) is 0. The molecule has 0 heterocycles. The standard InChI is InChI=1S/C11H18N2O4S/c1-4-5-13-18(14,15)8-6-9(12)11(17-3)10(7-8)16-2/h6-7,13H,4-5,12H2,1-3H3. The van der Waals surface area contributed by atoms with Crippen LogP contribution in [0.25, 0.3) is 0 Å². The molecule has 102 valence electrons. The zero-order chi connectivity index (χ0) is 13.8. The van der Waals surface area contributed by atoms with Gasteiger partial charge in [0, 0.05) is 12.6 Å². The van der Waals surface area contributed by atoms with E-state index in [1.54, 1.807) is 0 Å². The van der Waals surface area contributed by atoms with Crippen molar-refractivity contribution < 1.29 is 17.9 Å². The van der Waals surface area contributed by atoms with Crippen LogP contribution in [0.5, 0.6) is 11.5 Å². The number of nitrogens with one attached hydrogen (secondary N) is 1. The van der Waals surface area contributed by atoms with Crippen molar-refractivity contribution in [1.29, 1.82) is 0 Å². The molecule has 6 nitrogen and oxygen atoms in total. The molecule has 18 heavy (non-hydrogen) atoms. The van der Waals surface area contributed by atoms with Crippen LogP contribution in [0.2, 0.25) is 0 Å². The summed E-state index contributed by atoms with van der Waals surface area (Å²) in [6, 6.07) is 2.73. The molecule has 0 unspecified atom stereocenters. The normalized spacial score (nSPS) is 11.3. The van der Waals surface area contributed by atoms with Crippen LogP contribution in [-0.4, -0.2) is 29.2 Å². The highest BCUT2D eigenvalue weighted by atomic mass is 32.2. The summed E-state index contributed by atoms with van der Waals surface area (Å²) in [5.74, 6) is 0.612. The third kappa shape index (κ3) is 3.05. The number of anilines is 1. The lowest BCUT2D eigenvalue weighted by molar-refractivity contribution is 0.355. The fourth-order valence-electron chi connectivity index (χ4n) is 1.44. The Labute approximate surface area is 107 Å². The lowest BCUT2D eigenvalue weighted by Gasteiger charge is -2.13. The Morgan fingerprint density at radius 2 is 1.94 bits per heavy atom. The molecule has 0 atom stereocenters. The van der Waals surface area contributed by atoms with E-state index in [1.807, 2.05) is 6.92 Å². The van der Waals surface area contributed by atoms with E-state index in [2.05, 4.69) is 4.72 Å². The van der Waals surface area contributed by atoms with Gasteiger partial charge in [0.05, 0.1) is 24.8 Å². The maximum atomic E-state index is 11.9. The Hall–Kier alpha value is -1.47. The third-order valence-corrected chi connectivity index (χ3v) is 3.77. The van der Waals surface area contributed by atoms with Gasteiger partial charge in [-0.25, -0.2) is 13.1 Å². The van der Waals surface area contributed by atoms with Crippen molar-refractivity contribution >= 4 is 15.7 Å². The fourth-order valence-corrected chi connectivity index (χ4v) is 2.63. The van der Waals surface area contributed by atoms with Crippen LogP contribution in [-0.2, 0) is 10.0 Å². The van der Waals surface area contributed by atoms with Crippen molar-refractivity contribution in [3.63, 3.8) is 0 Å². The van der Waals surface area contributed by atoms with Gasteiger partial charge in [0.15, 0.2) is 11.5 Å². The van der Waals surface area contributed by atoms with Gasteiger partial charge < -0.3 is 15.2 Å². The van der Waals surface area contributed by atoms with Gasteiger partial charge in [-0.2, -0.15) is 0 Å². The molecule has 3 N–H and O–H groups in total. The quantitative estimate of drug-likeness (QED) is 0.754. The minimum absolute atomic E-state index is 0.0612. The summed E-state index contributed by atoms with van der Waals surface area (Å²) in [6.45, 7) is 2.25. The van der Waals surface area contributed by atoms with E-state index >= 15 is 0 Å². The zero-order valence-corrected chi connectivity index (χ0v) is 11.5. The Balaban J connectivity index is 3.23. The van der Waals surface area contributed by atoms with Crippen LogP contribution < -0.4 is 19.9 Å². The highest BCUT2D eigenvalue weighted by Gasteiger charge is 2.18. The minimum Gasteiger partial charge on any atom is -0.493 e. The van der Waals surface area contributed by atoms with Gasteiger partial charge >= 0.3 is 0 Å². The molecular weight excluding hydrogens is 256 g/mol. The minimum atomic E-state index is -3.57. The topological polar surface area (TPSA) is 90.7 Å². The Kier molecular flexibility index (Phi) is 4.80. The summed E-state index contributed by atoms with van der Waals surface area (Å²) >= 11 is 0. The van der Waals surface area contributed by atoms with E-state index in [0.29, 0.717) is 18.7 Å². The number of nitrogens with two attached hydrogens (primary N) is 1. The second kappa shape index (κ2) is 5.92. The molecule has 0 amide bonds. The van der Waals surface area contributed by atoms with E-state index in [4.69, 9.17) is 15.2 Å². The molecular formula is C11H18N2O4S. The van der Waals surface area contributed by atoms with Gasteiger partial charge in [0.1, 0.15) is 0 Å². The first kappa shape index (κ1) is 14.6. The Morgan fingerprint density at radius 3 is 2.44 bits per heavy atom. The van der Waals surface area contributed by atoms with Crippen LogP contribution in [0.1, 0.15) is 13.3 Å². The van der Waals surface area contributed by atoms with Crippen molar-refractivity contribution in [3.05, 3.63) is 12.1 Å². The predicted octanol–water partition coefficient (Wildman–Crippen LogP) is 0.974. The molecule has 0 radical (unpaired) electrons. The SMILES string of the molecule is CCCNS(=O)(=O)c1cc(N)c(OC)c(OC)c1. The second-order valence-electron chi connectivity index (χ2n) is 3.65. The summed E-state index contributed by atoms with van der Waals surface area (Å²) < 4.78 is 36.5. The van der Waals surface area contributed by atoms with Crippen molar-refractivity contribution in [2.24, 2.45) is 0 Å². The molecule has 0 saturated carbocycles. The molecule has 0 aliphatic rings. The Bertz CT molecular complexity index is 514. The molecule has 1 aromatic carbocycles. The molecule has 0 bridgehead atoms. The van der Waals surface area contributed by atoms with E-state index < -0.39 is 10.0 Å². The molecule has 0 saturated heterocycles. The van der Waals surface area contributed by atoms with Crippen molar-refractivity contribution in [2.45, 2.75) is 18.2 Å². The molecule has 7 heteroatoms. The number of benzene rings is 1. The van der Waals surface area contributed by atoms with Crippen LogP contribution in [0.15, 0.2) is 17.0 Å². The maximum Gasteiger partial charge on any atom is 0.240 e. The molecule has 0 aliphatic heterocycles. The molecule has 0 aliphatic carbocycles. The Morgan fingerprint density at radius 1 is 1.28 bits per heavy atom. The first-order chi connectivity index (χ1) is 8.46. The largest absolute Gasteiger partial charge is 0.493 e. The number of hydrogen-bond acceptors (Lipinski definition) is 5. The van der Waals surface area contributed by atoms with Crippen molar-refractivity contribution in [2.75, 3.05) is 26.5 Å². The summed E-state index contributed by atoms with van der Waals surface area (Å²) in [5.41, 5.74) is 5.95. The first-order valence-corrected chi connectivity index (χ1v) is 6.95. The average Bonchev–Trinajstić information content (AvgIpc) is 2.35.